The molecule has 0 spiro atoms. The molecule has 1 N–H and O–H groups in total. The van der Waals surface area contributed by atoms with Crippen molar-refractivity contribution in [2.45, 2.75) is 57.4 Å². The van der Waals surface area contributed by atoms with Crippen LogP contribution in [0.2, 0.25) is 0 Å². The Kier molecular flexibility index (Phi) is 6.75. The van der Waals surface area contributed by atoms with Crippen molar-refractivity contribution < 1.29 is 13.2 Å². The minimum atomic E-state index is -3.57. The third-order valence-corrected chi connectivity index (χ3v) is 7.54. The van der Waals surface area contributed by atoms with Crippen LogP contribution in [0.1, 0.15) is 66.2 Å². The van der Waals surface area contributed by atoms with Crippen LogP contribution in [-0.2, 0) is 16.4 Å². The Morgan fingerprint density at radius 3 is 2.34 bits per heavy atom. The second-order valence-electron chi connectivity index (χ2n) is 7.73. The summed E-state index contributed by atoms with van der Waals surface area (Å²) >= 11 is 0. The number of nitrogens with one attached hydrogen (secondary N) is 1. The van der Waals surface area contributed by atoms with Crippen molar-refractivity contribution in [3.63, 3.8) is 0 Å². The quantitative estimate of drug-likeness (QED) is 0.769. The van der Waals surface area contributed by atoms with E-state index >= 15 is 0 Å². The molecule has 1 fully saturated rings. The summed E-state index contributed by atoms with van der Waals surface area (Å²) in [7, 11) is -3.57. The zero-order valence-corrected chi connectivity index (χ0v) is 18.3. The van der Waals surface area contributed by atoms with Gasteiger partial charge in [-0.2, -0.15) is 4.31 Å². The number of nitrogens with zero attached hydrogens (tertiary/aromatic N) is 1. The van der Waals surface area contributed by atoms with Crippen LogP contribution in [0.25, 0.3) is 0 Å². The Labute approximate surface area is 174 Å². The molecule has 2 aromatic rings. The molecule has 5 nitrogen and oxygen atoms in total. The predicted molar refractivity (Wildman–Crippen MR) is 115 cm³/mol. The lowest BCUT2D eigenvalue weighted by Gasteiger charge is -2.26. The summed E-state index contributed by atoms with van der Waals surface area (Å²) in [4.78, 5) is 13.1. The molecule has 29 heavy (non-hydrogen) atoms. The predicted octanol–water partition coefficient (Wildman–Crippen LogP) is 4.22. The number of amides is 1. The van der Waals surface area contributed by atoms with E-state index in [0.29, 0.717) is 18.7 Å². The molecule has 3 rings (SSSR count). The van der Waals surface area contributed by atoms with Gasteiger partial charge in [-0.15, -0.1) is 0 Å². The van der Waals surface area contributed by atoms with Crippen LogP contribution >= 0.6 is 0 Å². The lowest BCUT2D eigenvalue weighted by Crippen LogP contribution is -2.35. The molecule has 0 aromatic heterocycles. The van der Waals surface area contributed by atoms with Crippen molar-refractivity contribution in [3.8, 4) is 0 Å². The fraction of sp³-hybridized carbons (Fsp3) is 0.435. The third kappa shape index (κ3) is 4.87. The Balaban J connectivity index is 1.80. The first-order chi connectivity index (χ1) is 13.8. The minimum Gasteiger partial charge on any atom is -0.346 e. The number of piperidine rings is 1. The van der Waals surface area contributed by atoms with Crippen LogP contribution in [0.15, 0.2) is 47.4 Å². The lowest BCUT2D eigenvalue weighted by molar-refractivity contribution is 0.0939. The van der Waals surface area contributed by atoms with Gasteiger partial charge in [-0.05, 0) is 61.9 Å². The molecule has 1 atom stereocenters. The minimum absolute atomic E-state index is 0.171. The smallest absolute Gasteiger partial charge is 0.252 e. The summed E-state index contributed by atoms with van der Waals surface area (Å²) in [6.45, 7) is 6.95. The first kappa shape index (κ1) is 21.5. The number of aryl methyl sites for hydroxylation is 2. The van der Waals surface area contributed by atoms with E-state index in [1.54, 1.807) is 12.1 Å². The van der Waals surface area contributed by atoms with Gasteiger partial charge in [0, 0.05) is 18.7 Å². The van der Waals surface area contributed by atoms with Gasteiger partial charge in [0.2, 0.25) is 10.0 Å². The number of hydrogen-bond acceptors (Lipinski definition) is 3. The molecule has 0 radical (unpaired) electrons. The van der Waals surface area contributed by atoms with E-state index < -0.39 is 10.0 Å². The average Bonchev–Trinajstić information content (AvgIpc) is 2.74. The Bertz CT molecular complexity index is 962. The van der Waals surface area contributed by atoms with Gasteiger partial charge in [-0.25, -0.2) is 8.42 Å². The number of sulfonamides is 1. The fourth-order valence-electron chi connectivity index (χ4n) is 3.66. The van der Waals surface area contributed by atoms with E-state index in [1.807, 2.05) is 26.0 Å². The van der Waals surface area contributed by atoms with Gasteiger partial charge in [-0.1, -0.05) is 43.7 Å². The monoisotopic (exact) mass is 414 g/mol. The van der Waals surface area contributed by atoms with Gasteiger partial charge < -0.3 is 5.32 Å². The molecule has 0 saturated carbocycles. The van der Waals surface area contributed by atoms with Crippen LogP contribution in [0.3, 0.4) is 0 Å². The van der Waals surface area contributed by atoms with Crippen molar-refractivity contribution in [2.24, 2.45) is 0 Å². The van der Waals surface area contributed by atoms with Gasteiger partial charge in [0.25, 0.3) is 5.91 Å². The molecular weight excluding hydrogens is 384 g/mol. The number of rotatable bonds is 6. The molecule has 6 heteroatoms. The van der Waals surface area contributed by atoms with Crippen molar-refractivity contribution >= 4 is 15.9 Å². The summed E-state index contributed by atoms with van der Waals surface area (Å²) in [5, 5.41) is 3.00. The van der Waals surface area contributed by atoms with Crippen LogP contribution in [0.5, 0.6) is 0 Å². The van der Waals surface area contributed by atoms with Gasteiger partial charge >= 0.3 is 0 Å². The summed E-state index contributed by atoms with van der Waals surface area (Å²) in [6.07, 6.45) is 3.79. The van der Waals surface area contributed by atoms with E-state index in [9.17, 15) is 13.2 Å². The summed E-state index contributed by atoms with van der Waals surface area (Å²) in [5.41, 5.74) is 3.43. The van der Waals surface area contributed by atoms with E-state index in [0.717, 1.165) is 36.8 Å². The molecule has 1 aliphatic heterocycles. The summed E-state index contributed by atoms with van der Waals surface area (Å²) in [6, 6.07) is 12.8. The maximum atomic E-state index is 13.0. The molecule has 1 heterocycles. The van der Waals surface area contributed by atoms with E-state index in [4.69, 9.17) is 0 Å². The van der Waals surface area contributed by atoms with Crippen LogP contribution < -0.4 is 5.32 Å². The highest BCUT2D eigenvalue weighted by Crippen LogP contribution is 2.23. The largest absolute Gasteiger partial charge is 0.346 e. The SMILES string of the molecule is CCc1ccc([C@H](C)NC(=O)c2cc(S(=O)(=O)N3CCCCC3)ccc2C)cc1. The van der Waals surface area contributed by atoms with Crippen molar-refractivity contribution in [2.75, 3.05) is 13.1 Å². The number of carbonyl (C=O) groups is 1. The third-order valence-electron chi connectivity index (χ3n) is 5.64. The highest BCUT2D eigenvalue weighted by molar-refractivity contribution is 7.89. The average molecular weight is 415 g/mol. The number of benzene rings is 2. The molecule has 1 amide bonds. The normalized spacial score (nSPS) is 16.4. The molecule has 1 aliphatic rings. The maximum Gasteiger partial charge on any atom is 0.252 e. The van der Waals surface area contributed by atoms with Crippen LogP contribution in [0.4, 0.5) is 0 Å². The molecule has 0 aliphatic carbocycles. The van der Waals surface area contributed by atoms with E-state index in [-0.39, 0.29) is 16.8 Å². The highest BCUT2D eigenvalue weighted by Gasteiger charge is 2.27. The van der Waals surface area contributed by atoms with Gasteiger partial charge in [0.05, 0.1) is 10.9 Å². The maximum absolute atomic E-state index is 13.0. The Hall–Kier alpha value is -2.18. The molecule has 0 bridgehead atoms. The van der Waals surface area contributed by atoms with Gasteiger partial charge in [0.15, 0.2) is 0 Å². The topological polar surface area (TPSA) is 66.5 Å². The zero-order valence-electron chi connectivity index (χ0n) is 17.4. The molecule has 2 aromatic carbocycles. The highest BCUT2D eigenvalue weighted by atomic mass is 32.2. The summed E-state index contributed by atoms with van der Waals surface area (Å²) in [5.74, 6) is -0.259. The first-order valence-electron chi connectivity index (χ1n) is 10.3. The Morgan fingerprint density at radius 2 is 1.72 bits per heavy atom. The fourth-order valence-corrected chi connectivity index (χ4v) is 5.20. The first-order valence-corrected chi connectivity index (χ1v) is 11.8. The van der Waals surface area contributed by atoms with Crippen molar-refractivity contribution in [1.29, 1.82) is 0 Å². The standard InChI is InChI=1S/C23H30N2O3S/c1-4-19-9-11-20(12-10-19)18(3)24-23(26)22-16-21(13-8-17(22)2)29(27,28)25-14-6-5-7-15-25/h8-13,16,18H,4-7,14-15H2,1-3H3,(H,24,26)/t18-/m0/s1. The Morgan fingerprint density at radius 1 is 1.07 bits per heavy atom. The van der Waals surface area contributed by atoms with Gasteiger partial charge in [0.1, 0.15) is 0 Å². The molecular formula is C23H30N2O3S. The number of carbonyl (C=O) groups excluding carboxylic acids is 1. The molecule has 156 valence electrons. The van der Waals surface area contributed by atoms with Crippen LogP contribution in [0, 0.1) is 6.92 Å². The van der Waals surface area contributed by atoms with E-state index in [2.05, 4.69) is 24.4 Å². The summed E-state index contributed by atoms with van der Waals surface area (Å²) < 4.78 is 27.5. The van der Waals surface area contributed by atoms with Crippen molar-refractivity contribution in [3.05, 3.63) is 64.7 Å². The zero-order chi connectivity index (χ0) is 21.0. The van der Waals surface area contributed by atoms with Crippen LogP contribution in [-0.4, -0.2) is 31.7 Å². The molecule has 0 unspecified atom stereocenters. The lowest BCUT2D eigenvalue weighted by atomic mass is 10.0. The molecule has 1 saturated heterocycles. The van der Waals surface area contributed by atoms with Gasteiger partial charge in [-0.3, -0.25) is 4.79 Å². The van der Waals surface area contributed by atoms with E-state index in [1.165, 1.54) is 15.9 Å². The number of hydrogen-bond donors (Lipinski definition) is 1. The van der Waals surface area contributed by atoms with Crippen molar-refractivity contribution in [1.82, 2.24) is 9.62 Å². The second-order valence-corrected chi connectivity index (χ2v) is 9.67. The second kappa shape index (κ2) is 9.09.